The lowest BCUT2D eigenvalue weighted by Crippen LogP contribution is -2.29. The minimum absolute atomic E-state index is 0.0733. The lowest BCUT2D eigenvalue weighted by molar-refractivity contribution is -0.00712. The van der Waals surface area contributed by atoms with Crippen LogP contribution >= 0.6 is 0 Å². The summed E-state index contributed by atoms with van der Waals surface area (Å²) in [5.74, 6) is 0.300. The zero-order chi connectivity index (χ0) is 17.3. The summed E-state index contributed by atoms with van der Waals surface area (Å²) in [7, 11) is 0. The predicted molar refractivity (Wildman–Crippen MR) is 90.4 cm³/mol. The zero-order valence-electron chi connectivity index (χ0n) is 14.2. The Labute approximate surface area is 141 Å². The van der Waals surface area contributed by atoms with E-state index in [1.807, 2.05) is 32.9 Å². The number of anilines is 1. The van der Waals surface area contributed by atoms with Gasteiger partial charge >= 0.3 is 0 Å². The molecule has 3 heterocycles. The molecule has 2 atom stereocenters. The number of aromatic nitrogens is 3. The van der Waals surface area contributed by atoms with E-state index in [4.69, 9.17) is 10.5 Å². The number of carbonyl (C=O) groups is 1. The minimum Gasteiger partial charge on any atom is -0.384 e. The highest BCUT2D eigenvalue weighted by atomic mass is 16.5. The summed E-state index contributed by atoms with van der Waals surface area (Å²) in [4.78, 5) is 17.0. The number of rotatable bonds is 4. The molecule has 3 rings (SSSR count). The molecule has 2 aromatic heterocycles. The lowest BCUT2D eigenvalue weighted by atomic mass is 9.99. The molecule has 7 nitrogen and oxygen atoms in total. The van der Waals surface area contributed by atoms with E-state index in [0.29, 0.717) is 31.0 Å². The first-order valence-electron chi connectivity index (χ1n) is 8.24. The molecule has 24 heavy (non-hydrogen) atoms. The van der Waals surface area contributed by atoms with Crippen molar-refractivity contribution in [3.8, 4) is 0 Å². The third-order valence-electron chi connectivity index (χ3n) is 4.17. The van der Waals surface area contributed by atoms with Crippen molar-refractivity contribution in [2.75, 3.05) is 5.73 Å². The molecule has 0 spiro atoms. The van der Waals surface area contributed by atoms with E-state index < -0.39 is 0 Å². The van der Waals surface area contributed by atoms with Crippen LogP contribution in [0.4, 0.5) is 5.82 Å². The van der Waals surface area contributed by atoms with E-state index in [-0.39, 0.29) is 18.1 Å². The molecular formula is C17H23N5O2. The van der Waals surface area contributed by atoms with Gasteiger partial charge in [0.15, 0.2) is 0 Å². The van der Waals surface area contributed by atoms with Gasteiger partial charge in [-0.25, -0.2) is 4.98 Å². The van der Waals surface area contributed by atoms with Crippen LogP contribution in [0.15, 0.2) is 18.2 Å². The van der Waals surface area contributed by atoms with Gasteiger partial charge in [-0.05, 0) is 32.9 Å². The van der Waals surface area contributed by atoms with E-state index in [1.54, 1.807) is 10.7 Å². The van der Waals surface area contributed by atoms with Gasteiger partial charge in [0.2, 0.25) is 0 Å². The smallest absolute Gasteiger partial charge is 0.270 e. The maximum Gasteiger partial charge on any atom is 0.270 e. The lowest BCUT2D eigenvalue weighted by Gasteiger charge is -2.24. The van der Waals surface area contributed by atoms with Crippen molar-refractivity contribution in [2.24, 2.45) is 0 Å². The Morgan fingerprint density at radius 2 is 2.25 bits per heavy atom. The molecular weight excluding hydrogens is 306 g/mol. The Balaban J connectivity index is 1.84. The molecule has 0 unspecified atom stereocenters. The summed E-state index contributed by atoms with van der Waals surface area (Å²) in [5.41, 5.74) is 8.88. The SMILES string of the molecule is CCn1nc2c(c1C(=O)NCc1cccc(N)n1)C[C@H](C)O[C@@H]2C. The molecule has 0 saturated carbocycles. The second-order valence-corrected chi connectivity index (χ2v) is 6.06. The van der Waals surface area contributed by atoms with Crippen LogP contribution in [-0.4, -0.2) is 26.8 Å². The highest BCUT2D eigenvalue weighted by molar-refractivity contribution is 5.94. The topological polar surface area (TPSA) is 95.1 Å². The molecule has 7 heteroatoms. The number of amides is 1. The van der Waals surface area contributed by atoms with E-state index in [9.17, 15) is 4.79 Å². The molecule has 0 aliphatic carbocycles. The fourth-order valence-electron chi connectivity index (χ4n) is 3.13. The minimum atomic E-state index is -0.142. The van der Waals surface area contributed by atoms with Gasteiger partial charge in [0.25, 0.3) is 5.91 Å². The molecule has 2 aromatic rings. The van der Waals surface area contributed by atoms with E-state index in [2.05, 4.69) is 15.4 Å². The monoisotopic (exact) mass is 329 g/mol. The fraction of sp³-hybridized carbons (Fsp3) is 0.471. The molecule has 0 radical (unpaired) electrons. The standard InChI is InChI=1S/C17H23N5O2/c1-4-22-16(13-8-10(2)24-11(3)15(13)21-22)17(23)19-9-12-6-5-7-14(18)20-12/h5-7,10-11H,4,8-9H2,1-3H3,(H2,18,20)(H,19,23)/t10-,11+/m0/s1. The number of nitrogens with zero attached hydrogens (tertiary/aromatic N) is 3. The Kier molecular flexibility index (Phi) is 4.53. The highest BCUT2D eigenvalue weighted by Crippen LogP contribution is 2.31. The normalized spacial score (nSPS) is 19.8. The van der Waals surface area contributed by atoms with E-state index in [0.717, 1.165) is 17.0 Å². The van der Waals surface area contributed by atoms with Gasteiger partial charge in [-0.1, -0.05) is 6.07 Å². The Morgan fingerprint density at radius 1 is 1.46 bits per heavy atom. The van der Waals surface area contributed by atoms with Crippen molar-refractivity contribution in [1.82, 2.24) is 20.1 Å². The average Bonchev–Trinajstić information content (AvgIpc) is 2.91. The number of nitrogens with two attached hydrogens (primary N) is 1. The molecule has 3 N–H and O–H groups in total. The van der Waals surface area contributed by atoms with Crippen LogP contribution in [0, 0.1) is 0 Å². The van der Waals surface area contributed by atoms with Crippen molar-refractivity contribution < 1.29 is 9.53 Å². The number of carbonyl (C=O) groups excluding carboxylic acids is 1. The number of hydrogen-bond donors (Lipinski definition) is 2. The van der Waals surface area contributed by atoms with Crippen LogP contribution in [0.1, 0.15) is 54.3 Å². The van der Waals surface area contributed by atoms with Crippen LogP contribution in [-0.2, 0) is 24.2 Å². The molecule has 1 aliphatic rings. The maximum absolute atomic E-state index is 12.8. The predicted octanol–water partition coefficient (Wildman–Crippen LogP) is 1.83. The number of nitrogens with one attached hydrogen (secondary N) is 1. The second-order valence-electron chi connectivity index (χ2n) is 6.06. The first-order valence-corrected chi connectivity index (χ1v) is 8.24. The van der Waals surface area contributed by atoms with Gasteiger partial charge in [0.1, 0.15) is 11.5 Å². The second kappa shape index (κ2) is 6.60. The first kappa shape index (κ1) is 16.4. The molecule has 0 fully saturated rings. The highest BCUT2D eigenvalue weighted by Gasteiger charge is 2.31. The van der Waals surface area contributed by atoms with Crippen molar-refractivity contribution in [3.63, 3.8) is 0 Å². The Morgan fingerprint density at radius 3 is 2.96 bits per heavy atom. The Bertz CT molecular complexity index is 755. The van der Waals surface area contributed by atoms with Crippen molar-refractivity contribution in [3.05, 3.63) is 40.8 Å². The average molecular weight is 329 g/mol. The third-order valence-corrected chi connectivity index (χ3v) is 4.17. The summed E-state index contributed by atoms with van der Waals surface area (Å²) < 4.78 is 7.57. The van der Waals surface area contributed by atoms with Crippen LogP contribution in [0.3, 0.4) is 0 Å². The number of fused-ring (bicyclic) bond motifs is 1. The molecule has 0 saturated heterocycles. The van der Waals surface area contributed by atoms with Gasteiger partial charge < -0.3 is 15.8 Å². The summed E-state index contributed by atoms with van der Waals surface area (Å²) in [5, 5.41) is 7.49. The van der Waals surface area contributed by atoms with Crippen molar-refractivity contribution in [1.29, 1.82) is 0 Å². The van der Waals surface area contributed by atoms with Crippen molar-refractivity contribution >= 4 is 11.7 Å². The van der Waals surface area contributed by atoms with Gasteiger partial charge in [-0.15, -0.1) is 0 Å². The summed E-state index contributed by atoms with van der Waals surface area (Å²) in [6.07, 6.45) is 0.668. The summed E-state index contributed by atoms with van der Waals surface area (Å²) in [6, 6.07) is 5.38. The third kappa shape index (κ3) is 3.12. The van der Waals surface area contributed by atoms with Gasteiger partial charge in [0, 0.05) is 18.5 Å². The quantitative estimate of drug-likeness (QED) is 0.892. The number of aryl methyl sites for hydroxylation is 1. The molecule has 1 amide bonds. The van der Waals surface area contributed by atoms with Gasteiger partial charge in [-0.3, -0.25) is 9.48 Å². The van der Waals surface area contributed by atoms with Crippen LogP contribution < -0.4 is 11.1 Å². The fourth-order valence-corrected chi connectivity index (χ4v) is 3.13. The number of pyridine rings is 1. The first-order chi connectivity index (χ1) is 11.5. The van der Waals surface area contributed by atoms with E-state index >= 15 is 0 Å². The van der Waals surface area contributed by atoms with Crippen molar-refractivity contribution in [2.45, 2.75) is 52.5 Å². The number of ether oxygens (including phenoxy) is 1. The van der Waals surface area contributed by atoms with Crippen LogP contribution in [0.5, 0.6) is 0 Å². The summed E-state index contributed by atoms with van der Waals surface area (Å²) >= 11 is 0. The van der Waals surface area contributed by atoms with Crippen LogP contribution in [0.2, 0.25) is 0 Å². The van der Waals surface area contributed by atoms with Gasteiger partial charge in [-0.2, -0.15) is 5.10 Å². The molecule has 128 valence electrons. The largest absolute Gasteiger partial charge is 0.384 e. The summed E-state index contributed by atoms with van der Waals surface area (Å²) in [6.45, 7) is 6.92. The van der Waals surface area contributed by atoms with Crippen LogP contribution in [0.25, 0.3) is 0 Å². The molecule has 0 aromatic carbocycles. The zero-order valence-corrected chi connectivity index (χ0v) is 14.2. The van der Waals surface area contributed by atoms with E-state index in [1.165, 1.54) is 0 Å². The maximum atomic E-state index is 12.8. The molecule has 0 bridgehead atoms. The number of nitrogen functional groups attached to an aromatic ring is 1. The van der Waals surface area contributed by atoms with Gasteiger partial charge in [0.05, 0.1) is 30.1 Å². The Hall–Kier alpha value is -2.41. The molecule has 1 aliphatic heterocycles. The number of hydrogen-bond acceptors (Lipinski definition) is 5.